The number of nitrogens with two attached hydrogens (primary N) is 1. The van der Waals surface area contributed by atoms with Crippen LogP contribution in [0, 0.1) is 0 Å². The lowest BCUT2D eigenvalue weighted by Gasteiger charge is -2.24. The third-order valence-electron chi connectivity index (χ3n) is 3.14. The lowest BCUT2D eigenvalue weighted by molar-refractivity contribution is -0.116. The van der Waals surface area contributed by atoms with E-state index in [4.69, 9.17) is 5.73 Å². The molecule has 118 valence electrons. The Morgan fingerprint density at radius 2 is 1.76 bits per heavy atom. The summed E-state index contributed by atoms with van der Waals surface area (Å²) < 4.78 is 0. The van der Waals surface area contributed by atoms with E-state index in [0.717, 1.165) is 6.42 Å². The Labute approximate surface area is 132 Å². The number of anilines is 1. The molecule has 2 amide bonds. The van der Waals surface area contributed by atoms with Crippen LogP contribution in [0.2, 0.25) is 0 Å². The SMILES string of the molecule is CCC(C)(C)NC(=O)c1ccc(NC(=O)CCN)cc1.Cl. The lowest BCUT2D eigenvalue weighted by Crippen LogP contribution is -2.42. The van der Waals surface area contributed by atoms with Crippen molar-refractivity contribution in [3.63, 3.8) is 0 Å². The standard InChI is InChI=1S/C15H23N3O2.ClH/c1-4-15(2,3)18-14(20)11-5-7-12(8-6-11)17-13(19)9-10-16;/h5-8H,4,9-10,16H2,1-3H3,(H,17,19)(H,18,20);1H. The summed E-state index contributed by atoms with van der Waals surface area (Å²) in [6.45, 7) is 6.30. The van der Waals surface area contributed by atoms with Gasteiger partial charge < -0.3 is 16.4 Å². The van der Waals surface area contributed by atoms with Gasteiger partial charge in [-0.05, 0) is 44.5 Å². The molecule has 6 heteroatoms. The third-order valence-corrected chi connectivity index (χ3v) is 3.14. The quantitative estimate of drug-likeness (QED) is 0.753. The Kier molecular flexibility index (Phi) is 7.99. The first-order valence-corrected chi connectivity index (χ1v) is 6.80. The van der Waals surface area contributed by atoms with Crippen LogP contribution in [0.25, 0.3) is 0 Å². The van der Waals surface area contributed by atoms with Crippen molar-refractivity contribution in [2.45, 2.75) is 39.2 Å². The maximum Gasteiger partial charge on any atom is 0.251 e. The summed E-state index contributed by atoms with van der Waals surface area (Å²) in [4.78, 5) is 23.4. The van der Waals surface area contributed by atoms with Crippen LogP contribution < -0.4 is 16.4 Å². The first-order valence-electron chi connectivity index (χ1n) is 6.80. The highest BCUT2D eigenvalue weighted by Crippen LogP contribution is 2.12. The maximum absolute atomic E-state index is 12.0. The van der Waals surface area contributed by atoms with Crippen molar-refractivity contribution in [3.8, 4) is 0 Å². The molecule has 0 saturated carbocycles. The highest BCUT2D eigenvalue weighted by molar-refractivity contribution is 5.96. The molecule has 21 heavy (non-hydrogen) atoms. The number of hydrogen-bond acceptors (Lipinski definition) is 3. The summed E-state index contributed by atoms with van der Waals surface area (Å²) in [5, 5.41) is 5.68. The van der Waals surface area contributed by atoms with Crippen LogP contribution in [0.1, 0.15) is 44.0 Å². The van der Waals surface area contributed by atoms with Gasteiger partial charge in [0.2, 0.25) is 5.91 Å². The number of amides is 2. The molecule has 1 aromatic carbocycles. The Morgan fingerprint density at radius 3 is 2.24 bits per heavy atom. The number of rotatable bonds is 6. The Bertz CT molecular complexity index is 472. The molecule has 0 aromatic heterocycles. The van der Waals surface area contributed by atoms with E-state index in [-0.39, 0.29) is 36.2 Å². The van der Waals surface area contributed by atoms with E-state index < -0.39 is 0 Å². The predicted octanol–water partition coefficient (Wildman–Crippen LogP) is 2.31. The lowest BCUT2D eigenvalue weighted by atomic mass is 10.0. The van der Waals surface area contributed by atoms with Crippen molar-refractivity contribution in [2.24, 2.45) is 5.73 Å². The van der Waals surface area contributed by atoms with E-state index in [1.165, 1.54) is 0 Å². The zero-order valence-electron chi connectivity index (χ0n) is 12.7. The molecule has 0 heterocycles. The van der Waals surface area contributed by atoms with E-state index in [9.17, 15) is 9.59 Å². The smallest absolute Gasteiger partial charge is 0.251 e. The monoisotopic (exact) mass is 313 g/mol. The maximum atomic E-state index is 12.0. The molecule has 0 unspecified atom stereocenters. The largest absolute Gasteiger partial charge is 0.347 e. The second-order valence-electron chi connectivity index (χ2n) is 5.36. The summed E-state index contributed by atoms with van der Waals surface area (Å²) in [7, 11) is 0. The van der Waals surface area contributed by atoms with E-state index in [1.54, 1.807) is 24.3 Å². The van der Waals surface area contributed by atoms with Crippen molar-refractivity contribution in [3.05, 3.63) is 29.8 Å². The van der Waals surface area contributed by atoms with Crippen LogP contribution in [-0.4, -0.2) is 23.9 Å². The molecule has 0 saturated heterocycles. The van der Waals surface area contributed by atoms with E-state index in [1.807, 2.05) is 20.8 Å². The number of halogens is 1. The summed E-state index contributed by atoms with van der Waals surface area (Å²) in [5.74, 6) is -0.242. The Balaban J connectivity index is 0.00000400. The van der Waals surface area contributed by atoms with Crippen molar-refractivity contribution < 1.29 is 9.59 Å². The van der Waals surface area contributed by atoms with Crippen molar-refractivity contribution in [1.29, 1.82) is 0 Å². The fraction of sp³-hybridized carbons (Fsp3) is 0.467. The molecule has 0 atom stereocenters. The fourth-order valence-electron chi connectivity index (χ4n) is 1.53. The van der Waals surface area contributed by atoms with Crippen molar-refractivity contribution in [2.75, 3.05) is 11.9 Å². The third kappa shape index (κ3) is 6.60. The van der Waals surface area contributed by atoms with Gasteiger partial charge in [-0.15, -0.1) is 12.4 Å². The van der Waals surface area contributed by atoms with Gasteiger partial charge in [0.05, 0.1) is 0 Å². The predicted molar refractivity (Wildman–Crippen MR) is 87.8 cm³/mol. The van der Waals surface area contributed by atoms with Crippen LogP contribution in [0.5, 0.6) is 0 Å². The summed E-state index contributed by atoms with van der Waals surface area (Å²) in [5.41, 5.74) is 6.31. The Hall–Kier alpha value is -1.59. The minimum Gasteiger partial charge on any atom is -0.347 e. The van der Waals surface area contributed by atoms with Crippen LogP contribution in [0.3, 0.4) is 0 Å². The molecular formula is C15H24ClN3O2. The molecule has 0 fully saturated rings. The number of nitrogens with one attached hydrogen (secondary N) is 2. The molecule has 0 spiro atoms. The van der Waals surface area contributed by atoms with Gasteiger partial charge in [0.1, 0.15) is 0 Å². The summed E-state index contributed by atoms with van der Waals surface area (Å²) in [6.07, 6.45) is 1.14. The number of carbonyl (C=O) groups is 2. The molecule has 1 rings (SSSR count). The van der Waals surface area contributed by atoms with Crippen LogP contribution in [-0.2, 0) is 4.79 Å². The topological polar surface area (TPSA) is 84.2 Å². The number of benzene rings is 1. The van der Waals surface area contributed by atoms with E-state index >= 15 is 0 Å². The fourth-order valence-corrected chi connectivity index (χ4v) is 1.53. The van der Waals surface area contributed by atoms with Crippen LogP contribution >= 0.6 is 12.4 Å². The average Bonchev–Trinajstić information content (AvgIpc) is 2.39. The molecule has 0 aliphatic rings. The molecule has 1 aromatic rings. The molecule has 0 aliphatic heterocycles. The minimum absolute atomic E-state index is 0. The first-order chi connectivity index (χ1) is 9.38. The Morgan fingerprint density at radius 1 is 1.19 bits per heavy atom. The van der Waals surface area contributed by atoms with Crippen LogP contribution in [0.4, 0.5) is 5.69 Å². The summed E-state index contributed by atoms with van der Waals surface area (Å²) >= 11 is 0. The molecule has 0 radical (unpaired) electrons. The highest BCUT2D eigenvalue weighted by Gasteiger charge is 2.18. The van der Waals surface area contributed by atoms with E-state index in [2.05, 4.69) is 10.6 Å². The van der Waals surface area contributed by atoms with Gasteiger partial charge in [0.25, 0.3) is 5.91 Å². The van der Waals surface area contributed by atoms with E-state index in [0.29, 0.717) is 17.8 Å². The highest BCUT2D eigenvalue weighted by atomic mass is 35.5. The molecular weight excluding hydrogens is 290 g/mol. The summed E-state index contributed by atoms with van der Waals surface area (Å²) in [6, 6.07) is 6.81. The molecule has 4 N–H and O–H groups in total. The number of hydrogen-bond donors (Lipinski definition) is 3. The molecule has 0 aliphatic carbocycles. The molecule has 0 bridgehead atoms. The molecule has 5 nitrogen and oxygen atoms in total. The van der Waals surface area contributed by atoms with Gasteiger partial charge in [-0.3, -0.25) is 9.59 Å². The van der Waals surface area contributed by atoms with Gasteiger partial charge in [0.15, 0.2) is 0 Å². The van der Waals surface area contributed by atoms with Crippen molar-refractivity contribution in [1.82, 2.24) is 5.32 Å². The first kappa shape index (κ1) is 19.4. The van der Waals surface area contributed by atoms with Gasteiger partial charge in [-0.25, -0.2) is 0 Å². The minimum atomic E-state index is -0.231. The van der Waals surface area contributed by atoms with Crippen LogP contribution in [0.15, 0.2) is 24.3 Å². The average molecular weight is 314 g/mol. The second-order valence-corrected chi connectivity index (χ2v) is 5.36. The van der Waals surface area contributed by atoms with Crippen molar-refractivity contribution >= 4 is 29.9 Å². The van der Waals surface area contributed by atoms with Gasteiger partial charge >= 0.3 is 0 Å². The van der Waals surface area contributed by atoms with Gasteiger partial charge in [-0.1, -0.05) is 6.92 Å². The van der Waals surface area contributed by atoms with Gasteiger partial charge in [0, 0.05) is 29.8 Å². The normalized spacial score (nSPS) is 10.5. The zero-order chi connectivity index (χ0) is 15.2. The second kappa shape index (κ2) is 8.64. The van der Waals surface area contributed by atoms with Gasteiger partial charge in [-0.2, -0.15) is 0 Å². The number of carbonyl (C=O) groups excluding carboxylic acids is 2. The zero-order valence-corrected chi connectivity index (χ0v) is 13.5.